The summed E-state index contributed by atoms with van der Waals surface area (Å²) >= 11 is 5.57. The number of rotatable bonds is 19. The van der Waals surface area contributed by atoms with E-state index in [4.69, 9.17) is 17.3 Å². The van der Waals surface area contributed by atoms with Crippen LogP contribution in [0.25, 0.3) is 0 Å². The third-order valence-corrected chi connectivity index (χ3v) is 9.91. The number of alkyl halides is 3. The van der Waals surface area contributed by atoms with Crippen molar-refractivity contribution in [3.8, 4) is 0 Å². The van der Waals surface area contributed by atoms with Crippen molar-refractivity contribution in [2.24, 2.45) is 11.7 Å². The highest BCUT2D eigenvalue weighted by Gasteiger charge is 2.35. The van der Waals surface area contributed by atoms with Crippen LogP contribution >= 0.6 is 11.6 Å². The molecule has 3 rings (SSSR count). The Bertz CT molecular complexity index is 1950. The molecule has 55 heavy (non-hydrogen) atoms. The van der Waals surface area contributed by atoms with Gasteiger partial charge in [-0.15, -0.1) is 0 Å². The van der Waals surface area contributed by atoms with Gasteiger partial charge in [-0.1, -0.05) is 25.4 Å². The summed E-state index contributed by atoms with van der Waals surface area (Å²) < 4.78 is 67.4. The maximum atomic E-state index is 13.6. The molecule has 0 unspecified atom stereocenters. The fourth-order valence-electron chi connectivity index (χ4n) is 5.18. The third kappa shape index (κ3) is 13.6. The van der Waals surface area contributed by atoms with Gasteiger partial charge in [0.15, 0.2) is 0 Å². The minimum atomic E-state index is -4.96. The number of nitrogens with zero attached hydrogens (tertiary/aromatic N) is 2. The number of benzene rings is 2. The van der Waals surface area contributed by atoms with Gasteiger partial charge in [-0.25, -0.2) is 8.42 Å². The smallest absolute Gasteiger partial charge is 0.417 e. The predicted octanol–water partition coefficient (Wildman–Crippen LogP) is 2.80. The molecule has 0 fully saturated rings. The topological polar surface area (TPSA) is 230 Å². The molecule has 0 aliphatic heterocycles. The molecule has 0 saturated carbocycles. The number of hydrogen-bond donors (Lipinski definition) is 6. The molecule has 0 aliphatic rings. The van der Waals surface area contributed by atoms with E-state index in [1.165, 1.54) is 48.6 Å². The number of halogens is 4. The number of nitrogens with one attached hydrogen (secondary N) is 4. The van der Waals surface area contributed by atoms with Gasteiger partial charge < -0.3 is 31.7 Å². The van der Waals surface area contributed by atoms with Gasteiger partial charge in [-0.3, -0.25) is 29.0 Å². The van der Waals surface area contributed by atoms with Crippen LogP contribution in [0.5, 0.6) is 0 Å². The number of carbonyl (C=O) groups is 5. The molecular weight excluding hydrogens is 771 g/mol. The van der Waals surface area contributed by atoms with Gasteiger partial charge in [0.05, 0.1) is 15.5 Å². The molecule has 0 bridgehead atoms. The Hall–Kier alpha value is -5.11. The van der Waals surface area contributed by atoms with Gasteiger partial charge in [0.2, 0.25) is 33.7 Å². The van der Waals surface area contributed by atoms with Gasteiger partial charge in [0.25, 0.3) is 0 Å². The van der Waals surface area contributed by atoms with E-state index >= 15 is 0 Å². The number of hydrogen-bond acceptors (Lipinski definition) is 9. The summed E-state index contributed by atoms with van der Waals surface area (Å²) in [6.45, 7) is 3.09. The van der Waals surface area contributed by atoms with Gasteiger partial charge in [-0.2, -0.15) is 17.9 Å². The number of primary amides is 1. The quantitative estimate of drug-likeness (QED) is 0.104. The second kappa shape index (κ2) is 19.5. The molecule has 2 aromatic carbocycles. The maximum absolute atomic E-state index is 13.6. The number of sulfonamides is 1. The first-order valence-electron chi connectivity index (χ1n) is 16.7. The van der Waals surface area contributed by atoms with Gasteiger partial charge in [0.1, 0.15) is 18.1 Å². The molecule has 3 aromatic rings. The van der Waals surface area contributed by atoms with Crippen LogP contribution in [0.15, 0.2) is 71.9 Å². The summed E-state index contributed by atoms with van der Waals surface area (Å²) in [5.41, 5.74) is 5.11. The molecule has 1 aromatic heterocycles. The lowest BCUT2D eigenvalue weighted by Gasteiger charge is -2.26. The average molecular weight is 812 g/mol. The molecule has 0 radical (unpaired) electrons. The normalized spacial score (nSPS) is 13.5. The van der Waals surface area contributed by atoms with Crippen LogP contribution in [0.2, 0.25) is 5.02 Å². The highest BCUT2D eigenvalue weighted by Crippen LogP contribution is 2.36. The number of carbonyl (C=O) groups excluding carboxylic acids is 4. The minimum absolute atomic E-state index is 0.0412. The Morgan fingerprint density at radius 1 is 0.945 bits per heavy atom. The predicted molar refractivity (Wildman–Crippen MR) is 195 cm³/mol. The maximum Gasteiger partial charge on any atom is 0.417 e. The second-order valence-electron chi connectivity index (χ2n) is 12.9. The number of likely N-dealkylation sites (N-methyl/N-ethyl adjacent to an activating group) is 1. The number of pyridine rings is 1. The van der Waals surface area contributed by atoms with Gasteiger partial charge in [-0.05, 0) is 86.1 Å². The van der Waals surface area contributed by atoms with E-state index in [2.05, 4.69) is 20.9 Å². The Morgan fingerprint density at radius 2 is 1.58 bits per heavy atom. The van der Waals surface area contributed by atoms with Crippen molar-refractivity contribution in [2.75, 3.05) is 25.5 Å². The Morgan fingerprint density at radius 3 is 2.15 bits per heavy atom. The van der Waals surface area contributed by atoms with Crippen molar-refractivity contribution in [2.45, 2.75) is 62.3 Å². The molecule has 298 valence electrons. The van der Waals surface area contributed by atoms with E-state index < -0.39 is 85.9 Å². The van der Waals surface area contributed by atoms with Crippen molar-refractivity contribution in [1.82, 2.24) is 25.2 Å². The van der Waals surface area contributed by atoms with Crippen LogP contribution in [0.1, 0.15) is 48.2 Å². The lowest BCUT2D eigenvalue weighted by atomic mass is 10.0. The number of carboxylic acids is 1. The van der Waals surface area contributed by atoms with Crippen LogP contribution in [-0.4, -0.2) is 91.3 Å². The fraction of sp³-hybridized carbons (Fsp3) is 0.371. The Labute approximate surface area is 320 Å². The Balaban J connectivity index is 1.63. The number of anilines is 1. The molecule has 1 heterocycles. The number of aromatic nitrogens is 1. The van der Waals surface area contributed by atoms with E-state index in [1.807, 2.05) is 4.72 Å². The fourth-order valence-corrected chi connectivity index (χ4v) is 6.61. The molecule has 7 N–H and O–H groups in total. The van der Waals surface area contributed by atoms with E-state index in [9.17, 15) is 50.7 Å². The van der Waals surface area contributed by atoms with Gasteiger partial charge >= 0.3 is 12.1 Å². The minimum Gasteiger partial charge on any atom is -0.480 e. The Kier molecular flexibility index (Phi) is 15.7. The van der Waals surface area contributed by atoms with Crippen molar-refractivity contribution in [1.29, 1.82) is 0 Å². The van der Waals surface area contributed by atoms with Crippen molar-refractivity contribution in [3.05, 3.63) is 88.7 Å². The summed E-state index contributed by atoms with van der Waals surface area (Å²) in [6.07, 6.45) is -1.91. The first-order valence-corrected chi connectivity index (χ1v) is 18.5. The summed E-state index contributed by atoms with van der Waals surface area (Å²) in [4.78, 5) is 67.7. The van der Waals surface area contributed by atoms with E-state index in [0.29, 0.717) is 17.3 Å². The summed E-state index contributed by atoms with van der Waals surface area (Å²) in [6, 6.07) is 7.07. The van der Waals surface area contributed by atoms with Crippen LogP contribution in [0, 0.1) is 5.92 Å². The molecule has 20 heteroatoms. The van der Waals surface area contributed by atoms with E-state index in [1.54, 1.807) is 26.0 Å². The molecule has 3 atom stereocenters. The zero-order valence-corrected chi connectivity index (χ0v) is 31.5. The largest absolute Gasteiger partial charge is 0.480 e. The molecule has 4 amide bonds. The lowest BCUT2D eigenvalue weighted by molar-refractivity contribution is -0.139. The first-order chi connectivity index (χ1) is 25.7. The van der Waals surface area contributed by atoms with Crippen molar-refractivity contribution >= 4 is 56.9 Å². The SMILES string of the molecule is CC(C)[C@H](NC(=O)[C@H](Cc1ccncc1)NC(=O)CCCN(C)C[C@H](NS(=O)(=O)c1ccc(Cl)c(C(F)(F)F)c1)C(=O)O)C(=O)Nc1ccc(C(N)=O)cc1. The zero-order valence-electron chi connectivity index (χ0n) is 29.9. The van der Waals surface area contributed by atoms with Crippen LogP contribution in [-0.2, 0) is 41.8 Å². The third-order valence-electron chi connectivity index (χ3n) is 8.11. The first kappa shape index (κ1) is 44.3. The second-order valence-corrected chi connectivity index (χ2v) is 15.0. The number of nitrogens with two attached hydrogens (primary N) is 1. The van der Waals surface area contributed by atoms with Gasteiger partial charge in [0, 0.05) is 43.0 Å². The molecule has 15 nitrogen and oxygen atoms in total. The van der Waals surface area contributed by atoms with Crippen LogP contribution < -0.4 is 26.4 Å². The summed E-state index contributed by atoms with van der Waals surface area (Å²) in [5, 5.41) is 17.0. The van der Waals surface area contributed by atoms with E-state index in [0.717, 1.165) is 12.1 Å². The molecular formula is C35H41ClF3N7O8S. The lowest BCUT2D eigenvalue weighted by Crippen LogP contribution is -2.55. The average Bonchev–Trinajstić information content (AvgIpc) is 3.09. The molecule has 0 aliphatic carbocycles. The number of carboxylic acid groups (broad SMARTS) is 1. The summed E-state index contributed by atoms with van der Waals surface area (Å²) in [5.74, 6) is -4.38. The molecule has 0 saturated heterocycles. The molecule has 0 spiro atoms. The standard InChI is InChI=1S/C35H41ClF3N7O8S/c1-20(2)30(33(50)42-23-8-6-22(7-9-23)31(40)48)44-32(49)27(17-21-12-14-41-15-13-21)43-29(47)5-4-16-46(3)19-28(34(51)52)45-55(53,54)24-10-11-26(36)25(18-24)35(37,38)39/h6-15,18,20,27-28,30,45H,4-5,16-17,19H2,1-3H3,(H2,40,48)(H,42,50)(H,43,47)(H,44,49)(H,51,52)/t27-,28-,30-/m0/s1. The zero-order chi connectivity index (χ0) is 41.1. The van der Waals surface area contributed by atoms with Crippen molar-refractivity contribution in [3.63, 3.8) is 0 Å². The van der Waals surface area contributed by atoms with Crippen molar-refractivity contribution < 1.29 is 50.7 Å². The summed E-state index contributed by atoms with van der Waals surface area (Å²) in [7, 11) is -3.28. The highest BCUT2D eigenvalue weighted by molar-refractivity contribution is 7.89. The van der Waals surface area contributed by atoms with Crippen LogP contribution in [0.3, 0.4) is 0 Å². The number of amides is 4. The van der Waals surface area contributed by atoms with Crippen LogP contribution in [0.4, 0.5) is 18.9 Å². The monoisotopic (exact) mass is 811 g/mol. The number of aliphatic carboxylic acids is 1. The van der Waals surface area contributed by atoms with E-state index in [-0.39, 0.29) is 37.3 Å². The highest BCUT2D eigenvalue weighted by atomic mass is 35.5.